The molecule has 2 aromatic rings. The lowest BCUT2D eigenvalue weighted by atomic mass is 10.0. The first kappa shape index (κ1) is 31.2. The maximum atomic E-state index is 14.0. The molecule has 1 aliphatic heterocycles. The van der Waals surface area contributed by atoms with Crippen molar-refractivity contribution in [2.45, 2.75) is 93.8 Å². The van der Waals surface area contributed by atoms with E-state index in [2.05, 4.69) is 0 Å². The minimum atomic E-state index is -0.856. The highest BCUT2D eigenvalue weighted by atomic mass is 19.1. The molecule has 0 aliphatic carbocycles. The van der Waals surface area contributed by atoms with Crippen molar-refractivity contribution in [3.05, 3.63) is 52.8 Å². The normalized spacial score (nSPS) is 12.3. The third-order valence-electron chi connectivity index (χ3n) is 4.54. The molecule has 3 rings (SSSR count). The summed E-state index contributed by atoms with van der Waals surface area (Å²) < 4.78 is 31.5. The number of aryl methyl sites for hydroxylation is 1. The molecule has 0 unspecified atom stereocenters. The van der Waals surface area contributed by atoms with Gasteiger partial charge < -0.3 is 19.3 Å². The van der Waals surface area contributed by atoms with E-state index in [0.717, 1.165) is 11.1 Å². The summed E-state index contributed by atoms with van der Waals surface area (Å²) in [5.74, 6) is 0.693. The summed E-state index contributed by atoms with van der Waals surface area (Å²) in [6, 6.07) is 8.26. The van der Waals surface area contributed by atoms with Crippen LogP contribution in [-0.2, 0) is 24.2 Å². The number of carbonyl (C=O) groups is 1. The number of halogens is 1. The molecular formula is C28H43FO5. The molecule has 0 spiro atoms. The van der Waals surface area contributed by atoms with Gasteiger partial charge in [0.25, 0.3) is 0 Å². The molecule has 1 N–H and O–H groups in total. The van der Waals surface area contributed by atoms with E-state index in [0.29, 0.717) is 42.3 Å². The summed E-state index contributed by atoms with van der Waals surface area (Å²) in [6.45, 7) is 18.4. The van der Waals surface area contributed by atoms with E-state index in [9.17, 15) is 9.18 Å². The fourth-order valence-corrected chi connectivity index (χ4v) is 3.38. The van der Waals surface area contributed by atoms with Crippen LogP contribution >= 0.6 is 0 Å². The van der Waals surface area contributed by atoms with Crippen molar-refractivity contribution in [2.24, 2.45) is 0 Å². The Hall–Kier alpha value is -2.76. The Labute approximate surface area is 205 Å². The number of carboxylic acid groups (broad SMARTS) is 1. The van der Waals surface area contributed by atoms with Crippen LogP contribution < -0.4 is 14.2 Å². The number of benzene rings is 2. The van der Waals surface area contributed by atoms with E-state index >= 15 is 0 Å². The molecule has 34 heavy (non-hydrogen) atoms. The second-order valence-corrected chi connectivity index (χ2v) is 7.48. The minimum Gasteiger partial charge on any atom is -0.493 e. The highest BCUT2D eigenvalue weighted by molar-refractivity contribution is 5.67. The van der Waals surface area contributed by atoms with Crippen LogP contribution in [0.15, 0.2) is 30.3 Å². The van der Waals surface area contributed by atoms with E-state index in [4.69, 9.17) is 19.3 Å². The minimum absolute atomic E-state index is 0.0306. The van der Waals surface area contributed by atoms with Gasteiger partial charge in [0.1, 0.15) is 35.3 Å². The van der Waals surface area contributed by atoms with Gasteiger partial charge in [-0.1, -0.05) is 47.6 Å². The van der Waals surface area contributed by atoms with Crippen LogP contribution in [0.2, 0.25) is 0 Å². The van der Waals surface area contributed by atoms with E-state index < -0.39 is 5.97 Å². The zero-order chi connectivity index (χ0) is 26.3. The van der Waals surface area contributed by atoms with Gasteiger partial charge in [-0.25, -0.2) is 4.39 Å². The average molecular weight is 479 g/mol. The highest BCUT2D eigenvalue weighted by Gasteiger charge is 2.32. The smallest absolute Gasteiger partial charge is 0.303 e. The summed E-state index contributed by atoms with van der Waals surface area (Å²) in [6.07, 6.45) is 1.06. The molecule has 0 saturated heterocycles. The summed E-state index contributed by atoms with van der Waals surface area (Å²) in [5, 5.41) is 8.89. The van der Waals surface area contributed by atoms with Gasteiger partial charge in [0.2, 0.25) is 0 Å². The molecule has 0 saturated carbocycles. The molecule has 6 heteroatoms. The Morgan fingerprint density at radius 2 is 1.68 bits per heavy atom. The number of carboxylic acids is 1. The number of aliphatic carboxylic acids is 1. The third-order valence-corrected chi connectivity index (χ3v) is 4.54. The van der Waals surface area contributed by atoms with Gasteiger partial charge in [0, 0.05) is 30.0 Å². The van der Waals surface area contributed by atoms with Crippen LogP contribution in [0.4, 0.5) is 4.39 Å². The zero-order valence-corrected chi connectivity index (χ0v) is 22.4. The Kier molecular flexibility index (Phi) is 14.7. The fraction of sp³-hybridized carbons (Fsp3) is 0.536. The van der Waals surface area contributed by atoms with Crippen LogP contribution in [0.25, 0.3) is 0 Å². The lowest BCUT2D eigenvalue weighted by molar-refractivity contribution is -0.136. The Balaban J connectivity index is 0.00000168. The van der Waals surface area contributed by atoms with Crippen molar-refractivity contribution in [3.8, 4) is 17.2 Å². The molecule has 1 heterocycles. The van der Waals surface area contributed by atoms with Gasteiger partial charge in [0.05, 0.1) is 6.61 Å². The van der Waals surface area contributed by atoms with Crippen molar-refractivity contribution < 1.29 is 28.5 Å². The molecule has 2 aromatic carbocycles. The van der Waals surface area contributed by atoms with Crippen LogP contribution in [0, 0.1) is 5.82 Å². The number of rotatable bonds is 8. The van der Waals surface area contributed by atoms with Gasteiger partial charge >= 0.3 is 5.97 Å². The van der Waals surface area contributed by atoms with Gasteiger partial charge in [-0.3, -0.25) is 4.79 Å². The monoisotopic (exact) mass is 478 g/mol. The number of ether oxygens (including phenoxy) is 3. The van der Waals surface area contributed by atoms with Crippen molar-refractivity contribution in [2.75, 3.05) is 6.61 Å². The first-order valence-corrected chi connectivity index (χ1v) is 12.4. The average Bonchev–Trinajstić information content (AvgIpc) is 3.14. The number of fused-ring (bicyclic) bond motifs is 1. The van der Waals surface area contributed by atoms with Crippen molar-refractivity contribution >= 4 is 5.97 Å². The molecule has 0 amide bonds. The molecule has 0 aromatic heterocycles. The summed E-state index contributed by atoms with van der Waals surface area (Å²) in [4.78, 5) is 10.8. The Morgan fingerprint density at radius 1 is 1.03 bits per heavy atom. The molecule has 192 valence electrons. The first-order valence-electron chi connectivity index (χ1n) is 12.4. The van der Waals surface area contributed by atoms with Crippen LogP contribution in [0.3, 0.4) is 0 Å². The predicted octanol–water partition coefficient (Wildman–Crippen LogP) is 7.61. The van der Waals surface area contributed by atoms with Gasteiger partial charge in [-0.15, -0.1) is 0 Å². The van der Waals surface area contributed by atoms with E-state index in [-0.39, 0.29) is 24.4 Å². The van der Waals surface area contributed by atoms with Gasteiger partial charge in [-0.2, -0.15) is 0 Å². The second-order valence-electron chi connectivity index (χ2n) is 7.48. The zero-order valence-electron chi connectivity index (χ0n) is 22.4. The Bertz CT molecular complexity index is 877. The quantitative estimate of drug-likeness (QED) is 0.423. The molecule has 0 atom stereocenters. The van der Waals surface area contributed by atoms with Crippen molar-refractivity contribution in [3.63, 3.8) is 0 Å². The van der Waals surface area contributed by atoms with Crippen LogP contribution in [0.1, 0.15) is 85.4 Å². The second kappa shape index (κ2) is 16.0. The largest absolute Gasteiger partial charge is 0.493 e. The molecule has 0 bridgehead atoms. The molecule has 0 fully saturated rings. The van der Waals surface area contributed by atoms with E-state index in [1.54, 1.807) is 18.2 Å². The van der Waals surface area contributed by atoms with E-state index in [1.165, 1.54) is 12.1 Å². The number of hydrogen-bond acceptors (Lipinski definition) is 4. The Morgan fingerprint density at radius 3 is 2.26 bits per heavy atom. The standard InChI is InChI=1S/C22H25FO5.3C2H6/c1-4-26-19-11-18(7-5-14(19)6-8-20(24)25)27-13-16-10-17(23)9-15-12-22(2,3)28-21(15)16;3*1-2/h5,7,9-11H,4,6,8,12-13H2,1-3H3,(H,24,25);3*1-2H3. The topological polar surface area (TPSA) is 65.0 Å². The molecule has 5 nitrogen and oxygen atoms in total. The van der Waals surface area contributed by atoms with Gasteiger partial charge in [0.15, 0.2) is 0 Å². The van der Waals surface area contributed by atoms with Crippen LogP contribution in [-0.4, -0.2) is 23.3 Å². The fourth-order valence-electron chi connectivity index (χ4n) is 3.38. The molecule has 0 radical (unpaired) electrons. The lowest BCUT2D eigenvalue weighted by Gasteiger charge is -2.18. The SMILES string of the molecule is CC.CC.CC.CCOc1cc(OCc2cc(F)cc3c2OC(C)(C)C3)ccc1CCC(=O)O. The van der Waals surface area contributed by atoms with Crippen molar-refractivity contribution in [1.82, 2.24) is 0 Å². The molecule has 1 aliphatic rings. The molecular weight excluding hydrogens is 435 g/mol. The maximum absolute atomic E-state index is 14.0. The highest BCUT2D eigenvalue weighted by Crippen LogP contribution is 2.39. The predicted molar refractivity (Wildman–Crippen MR) is 137 cm³/mol. The van der Waals surface area contributed by atoms with E-state index in [1.807, 2.05) is 62.3 Å². The summed E-state index contributed by atoms with van der Waals surface area (Å²) >= 11 is 0. The maximum Gasteiger partial charge on any atom is 0.303 e. The lowest BCUT2D eigenvalue weighted by Crippen LogP contribution is -2.25. The summed E-state index contributed by atoms with van der Waals surface area (Å²) in [5.41, 5.74) is 1.96. The first-order chi connectivity index (χ1) is 16.3. The van der Waals surface area contributed by atoms with Crippen LogP contribution in [0.5, 0.6) is 17.2 Å². The van der Waals surface area contributed by atoms with Crippen molar-refractivity contribution in [1.29, 1.82) is 0 Å². The summed E-state index contributed by atoms with van der Waals surface area (Å²) in [7, 11) is 0. The van der Waals surface area contributed by atoms with Gasteiger partial charge in [-0.05, 0) is 51.0 Å². The number of hydrogen-bond donors (Lipinski definition) is 1. The third kappa shape index (κ3) is 9.62.